The van der Waals surface area contributed by atoms with Gasteiger partial charge < -0.3 is 14.4 Å². The molecule has 0 radical (unpaired) electrons. The van der Waals surface area contributed by atoms with E-state index in [-0.39, 0.29) is 46.0 Å². The van der Waals surface area contributed by atoms with Crippen molar-refractivity contribution < 1.29 is 37.2 Å². The first-order chi connectivity index (χ1) is 20.9. The number of carbonyl (C=O) groups excluding carboxylic acids is 2. The van der Waals surface area contributed by atoms with Crippen molar-refractivity contribution in [2.45, 2.75) is 65.5 Å². The quantitative estimate of drug-likeness (QED) is 0.220. The number of allylic oxidation sites excluding steroid dienone is 4. The Hall–Kier alpha value is -3.70. The van der Waals surface area contributed by atoms with Gasteiger partial charge in [-0.2, -0.15) is 13.2 Å². The Morgan fingerprint density at radius 3 is 2.00 bits per heavy atom. The summed E-state index contributed by atoms with van der Waals surface area (Å²) in [6.07, 6.45) is -3.27. The van der Waals surface area contributed by atoms with Crippen molar-refractivity contribution >= 4 is 28.9 Å². The molecule has 0 amide bonds. The van der Waals surface area contributed by atoms with Crippen LogP contribution in [0.4, 0.5) is 18.9 Å². The molecule has 1 aliphatic heterocycles. The van der Waals surface area contributed by atoms with Gasteiger partial charge in [-0.05, 0) is 54.0 Å². The van der Waals surface area contributed by atoms with Crippen LogP contribution in [0.15, 0.2) is 58.9 Å². The van der Waals surface area contributed by atoms with Gasteiger partial charge in [0.2, 0.25) is 5.75 Å². The number of carbonyl (C=O) groups is 2. The summed E-state index contributed by atoms with van der Waals surface area (Å²) in [6, 6.07) is 6.49. The van der Waals surface area contributed by atoms with Gasteiger partial charge in [0.15, 0.2) is 11.6 Å². The van der Waals surface area contributed by atoms with Gasteiger partial charge in [-0.1, -0.05) is 39.3 Å². The number of ether oxygens (including phenoxy) is 2. The molecule has 0 fully saturated rings. The number of nitrogens with zero attached hydrogens (tertiary/aromatic N) is 2. The van der Waals surface area contributed by atoms with E-state index in [2.05, 4.69) is 0 Å². The van der Waals surface area contributed by atoms with Crippen LogP contribution in [0.5, 0.6) is 11.5 Å². The zero-order valence-electron chi connectivity index (χ0n) is 25.6. The molecule has 45 heavy (non-hydrogen) atoms. The SMILES string of the molecule is COCCN1C2=C(C(=O)CC(C)(C)C2)C(c2cc(Cl)ccc2Oc2ccc(C(F)(F)F)cc2[N+](=O)[O-])C2=C1CC(C)(C)CC2=O. The molecule has 0 unspecified atom stereocenters. The number of hydrogen-bond acceptors (Lipinski definition) is 7. The number of methoxy groups -OCH3 is 1. The molecule has 8 nitrogen and oxygen atoms in total. The summed E-state index contributed by atoms with van der Waals surface area (Å²) < 4.78 is 51.6. The predicted octanol–water partition coefficient (Wildman–Crippen LogP) is 8.39. The fourth-order valence-corrected chi connectivity index (χ4v) is 6.87. The highest BCUT2D eigenvalue weighted by molar-refractivity contribution is 6.30. The normalized spacial score (nSPS) is 19.9. The second-order valence-corrected chi connectivity index (χ2v) is 13.8. The minimum absolute atomic E-state index is 0.0339. The lowest BCUT2D eigenvalue weighted by atomic mass is 9.63. The van der Waals surface area contributed by atoms with Crippen LogP contribution in [0.2, 0.25) is 5.02 Å². The highest BCUT2D eigenvalue weighted by Gasteiger charge is 2.49. The number of rotatable bonds is 7. The van der Waals surface area contributed by atoms with Crippen molar-refractivity contribution in [3.05, 3.63) is 85.2 Å². The number of benzene rings is 2. The van der Waals surface area contributed by atoms with E-state index < -0.39 is 34.0 Å². The first-order valence-corrected chi connectivity index (χ1v) is 14.9. The van der Waals surface area contributed by atoms with Crippen LogP contribution in [0, 0.1) is 20.9 Å². The molecule has 5 rings (SSSR count). The van der Waals surface area contributed by atoms with Crippen LogP contribution in [0.1, 0.15) is 70.4 Å². The van der Waals surface area contributed by atoms with Crippen molar-refractivity contribution in [1.82, 2.24) is 4.90 Å². The Morgan fingerprint density at radius 1 is 0.933 bits per heavy atom. The Balaban J connectivity index is 1.75. The fourth-order valence-electron chi connectivity index (χ4n) is 6.69. The minimum atomic E-state index is -4.80. The van der Waals surface area contributed by atoms with Gasteiger partial charge in [-0.3, -0.25) is 19.7 Å². The molecular formula is C33H34ClF3N2O6. The number of hydrogen-bond donors (Lipinski definition) is 0. The number of nitro benzene ring substituents is 1. The predicted molar refractivity (Wildman–Crippen MR) is 161 cm³/mol. The summed E-state index contributed by atoms with van der Waals surface area (Å²) in [5.41, 5.74) is -0.105. The van der Waals surface area contributed by atoms with E-state index in [4.69, 9.17) is 21.1 Å². The number of alkyl halides is 3. The third-order valence-corrected chi connectivity index (χ3v) is 8.76. The highest BCUT2D eigenvalue weighted by atomic mass is 35.5. The smallest absolute Gasteiger partial charge is 0.416 e. The molecule has 2 aromatic carbocycles. The van der Waals surface area contributed by atoms with Crippen LogP contribution in [0.25, 0.3) is 0 Å². The molecule has 12 heteroatoms. The monoisotopic (exact) mass is 646 g/mol. The van der Waals surface area contributed by atoms with Crippen molar-refractivity contribution in [3.8, 4) is 11.5 Å². The molecule has 0 N–H and O–H groups in total. The van der Waals surface area contributed by atoms with Crippen LogP contribution < -0.4 is 4.74 Å². The van der Waals surface area contributed by atoms with Crippen LogP contribution >= 0.6 is 11.6 Å². The Bertz CT molecular complexity index is 1610. The first-order valence-electron chi connectivity index (χ1n) is 14.5. The van der Waals surface area contributed by atoms with Crippen molar-refractivity contribution in [1.29, 1.82) is 0 Å². The van der Waals surface area contributed by atoms with Gasteiger partial charge in [0.25, 0.3) is 0 Å². The van der Waals surface area contributed by atoms with E-state index in [1.54, 1.807) is 13.2 Å². The average molecular weight is 647 g/mol. The van der Waals surface area contributed by atoms with Crippen molar-refractivity contribution in [2.24, 2.45) is 10.8 Å². The Kier molecular flexibility index (Phi) is 8.41. The van der Waals surface area contributed by atoms with E-state index in [1.807, 2.05) is 32.6 Å². The van der Waals surface area contributed by atoms with Gasteiger partial charge in [0.1, 0.15) is 5.75 Å². The van der Waals surface area contributed by atoms with Gasteiger partial charge in [-0.25, -0.2) is 0 Å². The van der Waals surface area contributed by atoms with E-state index in [0.717, 1.165) is 17.5 Å². The molecule has 1 heterocycles. The standard InChI is InChI=1S/C33H34ClF3N2O6/c1-31(2)14-22-29(24(40)16-31)28(30-23(38(22)10-11-44-5)15-32(3,4)17-25(30)41)20-13-19(34)7-9-26(20)45-27-8-6-18(33(35,36)37)12-21(27)39(42)43/h6-9,12-13,28H,10-11,14-17H2,1-5H3. The molecule has 0 saturated heterocycles. The molecule has 0 atom stereocenters. The average Bonchev–Trinajstić information content (AvgIpc) is 2.90. The number of Topliss-reactive ketones (excluding diaryl/α,β-unsaturated/α-hetero) is 2. The summed E-state index contributed by atoms with van der Waals surface area (Å²) >= 11 is 6.48. The van der Waals surface area contributed by atoms with Crippen molar-refractivity contribution in [3.63, 3.8) is 0 Å². The summed E-state index contributed by atoms with van der Waals surface area (Å²) in [5, 5.41) is 12.1. The van der Waals surface area contributed by atoms with Crippen LogP contribution in [-0.2, 0) is 20.5 Å². The maximum absolute atomic E-state index is 14.1. The molecule has 0 spiro atoms. The topological polar surface area (TPSA) is 99.0 Å². The summed E-state index contributed by atoms with van der Waals surface area (Å²) in [4.78, 5) is 41.1. The molecule has 2 aromatic rings. The maximum Gasteiger partial charge on any atom is 0.416 e. The molecule has 2 aliphatic carbocycles. The van der Waals surface area contributed by atoms with Gasteiger partial charge >= 0.3 is 11.9 Å². The van der Waals surface area contributed by atoms with E-state index in [0.29, 0.717) is 54.8 Å². The Labute approximate surface area is 264 Å². The fraction of sp³-hybridized carbons (Fsp3) is 0.455. The van der Waals surface area contributed by atoms with Crippen LogP contribution in [-0.4, -0.2) is 41.7 Å². The zero-order chi connectivity index (χ0) is 33.1. The number of halogens is 4. The first kappa shape index (κ1) is 32.7. The van der Waals surface area contributed by atoms with Crippen molar-refractivity contribution in [2.75, 3.05) is 20.3 Å². The molecule has 0 bridgehead atoms. The largest absolute Gasteiger partial charge is 0.450 e. The lowest BCUT2D eigenvalue weighted by Crippen LogP contribution is -2.45. The molecular weight excluding hydrogens is 613 g/mol. The minimum Gasteiger partial charge on any atom is -0.450 e. The maximum atomic E-state index is 14.1. The molecule has 0 saturated carbocycles. The lowest BCUT2D eigenvalue weighted by Gasteiger charge is -2.49. The van der Waals surface area contributed by atoms with Gasteiger partial charge in [0.05, 0.1) is 17.1 Å². The second kappa shape index (κ2) is 11.6. The van der Waals surface area contributed by atoms with E-state index >= 15 is 0 Å². The third kappa shape index (κ3) is 6.37. The third-order valence-electron chi connectivity index (χ3n) is 8.53. The van der Waals surface area contributed by atoms with Crippen LogP contribution in [0.3, 0.4) is 0 Å². The Morgan fingerprint density at radius 2 is 1.49 bits per heavy atom. The van der Waals surface area contributed by atoms with E-state index in [1.165, 1.54) is 12.1 Å². The summed E-state index contributed by atoms with van der Waals surface area (Å²) in [6.45, 7) is 8.81. The lowest BCUT2D eigenvalue weighted by molar-refractivity contribution is -0.385. The van der Waals surface area contributed by atoms with Gasteiger partial charge in [0, 0.05) is 71.6 Å². The molecule has 3 aliphatic rings. The molecule has 0 aromatic heterocycles. The second-order valence-electron chi connectivity index (χ2n) is 13.4. The highest BCUT2D eigenvalue weighted by Crippen LogP contribution is 2.56. The zero-order valence-corrected chi connectivity index (χ0v) is 26.4. The summed E-state index contributed by atoms with van der Waals surface area (Å²) in [5.74, 6) is -1.59. The summed E-state index contributed by atoms with van der Waals surface area (Å²) in [7, 11) is 1.58. The number of nitro groups is 1. The van der Waals surface area contributed by atoms with Gasteiger partial charge in [-0.15, -0.1) is 0 Å². The van der Waals surface area contributed by atoms with E-state index in [9.17, 15) is 32.9 Å². The molecule has 240 valence electrons. The number of ketones is 2.